The van der Waals surface area contributed by atoms with E-state index in [0.29, 0.717) is 17.1 Å². The normalized spacial score (nSPS) is 30.1. The molecule has 1 spiro atoms. The molecule has 1 aromatic carbocycles. The number of rotatable bonds is 4. The summed E-state index contributed by atoms with van der Waals surface area (Å²) in [5.74, 6) is -0.816. The monoisotopic (exact) mass is 402 g/mol. The van der Waals surface area contributed by atoms with Gasteiger partial charge in [-0.2, -0.15) is 10.1 Å². The van der Waals surface area contributed by atoms with Crippen molar-refractivity contribution >= 4 is 24.0 Å². The first-order chi connectivity index (χ1) is 14.5. The lowest BCUT2D eigenvalue weighted by molar-refractivity contribution is -0.141. The molecular formula is C23H18N2O5. The first kappa shape index (κ1) is 17.4. The van der Waals surface area contributed by atoms with Crippen LogP contribution in [-0.2, 0) is 9.59 Å². The van der Waals surface area contributed by atoms with Crippen LogP contribution in [0.25, 0.3) is 11.3 Å². The number of carbonyl (C=O) groups excluding carboxylic acids is 2. The molecule has 2 amide bonds. The zero-order chi connectivity index (χ0) is 20.6. The van der Waals surface area contributed by atoms with Crippen molar-refractivity contribution in [2.24, 2.45) is 34.2 Å². The molecule has 7 nitrogen and oxygen atoms in total. The summed E-state index contributed by atoms with van der Waals surface area (Å²) in [6.07, 6.45) is 7.82. The molecule has 6 rings (SSSR count). The van der Waals surface area contributed by atoms with Crippen molar-refractivity contribution in [3.63, 3.8) is 0 Å². The van der Waals surface area contributed by atoms with Crippen molar-refractivity contribution < 1.29 is 23.9 Å². The van der Waals surface area contributed by atoms with Crippen molar-refractivity contribution in [1.82, 2.24) is 5.01 Å². The average Bonchev–Trinajstić information content (AvgIpc) is 3.03. The van der Waals surface area contributed by atoms with Crippen molar-refractivity contribution in [1.29, 1.82) is 0 Å². The van der Waals surface area contributed by atoms with Gasteiger partial charge >= 0.3 is 5.97 Å². The molecule has 2 aromatic rings. The van der Waals surface area contributed by atoms with Crippen molar-refractivity contribution in [3.05, 3.63) is 59.9 Å². The predicted molar refractivity (Wildman–Crippen MR) is 105 cm³/mol. The maximum Gasteiger partial charge on any atom is 0.335 e. The number of furan rings is 1. The minimum absolute atomic E-state index is 0.163. The van der Waals surface area contributed by atoms with E-state index in [1.54, 1.807) is 24.3 Å². The van der Waals surface area contributed by atoms with Crippen LogP contribution in [0.1, 0.15) is 29.0 Å². The highest BCUT2D eigenvalue weighted by atomic mass is 16.4. The smallest absolute Gasteiger partial charge is 0.335 e. The number of hydrazone groups is 1. The Bertz CT molecular complexity index is 1140. The first-order valence-corrected chi connectivity index (χ1v) is 10.0. The number of aromatic carboxylic acids is 1. The Morgan fingerprint density at radius 2 is 1.80 bits per heavy atom. The van der Waals surface area contributed by atoms with Crippen LogP contribution in [0.4, 0.5) is 0 Å². The molecule has 3 fully saturated rings. The van der Waals surface area contributed by atoms with Crippen LogP contribution in [0.15, 0.2) is 58.1 Å². The molecule has 3 aliphatic carbocycles. The Balaban J connectivity index is 1.23. The number of carbonyl (C=O) groups is 3. The zero-order valence-electron chi connectivity index (χ0n) is 15.9. The van der Waals surface area contributed by atoms with Gasteiger partial charge in [0.15, 0.2) is 0 Å². The van der Waals surface area contributed by atoms with E-state index in [1.165, 1.54) is 18.3 Å². The molecular weight excluding hydrogens is 384 g/mol. The fourth-order valence-electron chi connectivity index (χ4n) is 5.67. The third kappa shape index (κ3) is 2.20. The van der Waals surface area contributed by atoms with Crippen LogP contribution in [0.2, 0.25) is 0 Å². The Hall–Kier alpha value is -3.48. The molecule has 4 aliphatic rings. The average molecular weight is 402 g/mol. The highest BCUT2D eigenvalue weighted by Gasteiger charge is 2.73. The van der Waals surface area contributed by atoms with E-state index in [4.69, 9.17) is 9.52 Å². The Labute approximate surface area is 171 Å². The van der Waals surface area contributed by atoms with Gasteiger partial charge in [0.1, 0.15) is 11.5 Å². The summed E-state index contributed by atoms with van der Waals surface area (Å²) in [6, 6.07) is 9.79. The summed E-state index contributed by atoms with van der Waals surface area (Å²) in [5.41, 5.74) is 0.946. The summed E-state index contributed by atoms with van der Waals surface area (Å²) in [4.78, 5) is 37.0. The van der Waals surface area contributed by atoms with Gasteiger partial charge < -0.3 is 9.52 Å². The fourth-order valence-corrected chi connectivity index (χ4v) is 5.67. The van der Waals surface area contributed by atoms with Crippen molar-refractivity contribution in [2.45, 2.75) is 12.8 Å². The fraction of sp³-hybridized carbons (Fsp3) is 0.304. The van der Waals surface area contributed by atoms with Crippen molar-refractivity contribution in [3.8, 4) is 11.3 Å². The van der Waals surface area contributed by atoms with E-state index in [9.17, 15) is 14.4 Å². The molecule has 4 atom stereocenters. The number of amides is 2. The van der Waals surface area contributed by atoms with Crippen LogP contribution in [-0.4, -0.2) is 34.1 Å². The number of carboxylic acid groups (broad SMARTS) is 1. The summed E-state index contributed by atoms with van der Waals surface area (Å²) in [6.45, 7) is 0. The topological polar surface area (TPSA) is 100 Å². The van der Waals surface area contributed by atoms with E-state index in [0.717, 1.165) is 17.9 Å². The molecule has 1 aliphatic heterocycles. The van der Waals surface area contributed by atoms with Gasteiger partial charge in [0, 0.05) is 5.56 Å². The van der Waals surface area contributed by atoms with Gasteiger partial charge in [-0.3, -0.25) is 9.59 Å². The molecule has 150 valence electrons. The summed E-state index contributed by atoms with van der Waals surface area (Å²) in [7, 11) is 0. The second kappa shape index (κ2) is 5.78. The van der Waals surface area contributed by atoms with Crippen LogP contribution >= 0.6 is 0 Å². The predicted octanol–water partition coefficient (Wildman–Crippen LogP) is 3.18. The van der Waals surface area contributed by atoms with Gasteiger partial charge in [-0.05, 0) is 54.4 Å². The molecule has 2 heterocycles. The van der Waals surface area contributed by atoms with E-state index >= 15 is 0 Å². The number of carboxylic acids is 1. The Kier molecular flexibility index (Phi) is 3.35. The third-order valence-electron chi connectivity index (χ3n) is 7.15. The van der Waals surface area contributed by atoms with Gasteiger partial charge in [-0.1, -0.05) is 24.3 Å². The second-order valence-electron chi connectivity index (χ2n) is 8.54. The lowest BCUT2D eigenvalue weighted by Gasteiger charge is -2.18. The van der Waals surface area contributed by atoms with Gasteiger partial charge in [0.05, 0.1) is 23.6 Å². The quantitative estimate of drug-likeness (QED) is 0.481. The van der Waals surface area contributed by atoms with E-state index in [-0.39, 0.29) is 46.5 Å². The number of hydrogen-bond acceptors (Lipinski definition) is 5. The molecule has 0 radical (unpaired) electrons. The SMILES string of the molecule is O=C(O)c1cccc(-c2ccc(/C=N\N3C(=O)[C@H]4[C@H](C3=O)[C@H]3C=C[C@H]4C34CC4)o2)c1. The van der Waals surface area contributed by atoms with E-state index in [2.05, 4.69) is 17.3 Å². The second-order valence-corrected chi connectivity index (χ2v) is 8.54. The molecule has 1 N–H and O–H groups in total. The number of imide groups is 1. The highest BCUT2D eigenvalue weighted by Crippen LogP contribution is 2.73. The van der Waals surface area contributed by atoms with E-state index < -0.39 is 5.97 Å². The lowest BCUT2D eigenvalue weighted by Crippen LogP contribution is -2.30. The molecule has 2 saturated carbocycles. The maximum atomic E-state index is 12.9. The maximum absolute atomic E-state index is 12.9. The molecule has 2 bridgehead atoms. The number of hydrogen-bond donors (Lipinski definition) is 1. The number of allylic oxidation sites excluding steroid dienone is 2. The van der Waals surface area contributed by atoms with Gasteiger partial charge in [0.2, 0.25) is 0 Å². The number of fused-ring (bicyclic) bond motifs is 3. The largest absolute Gasteiger partial charge is 0.478 e. The van der Waals surface area contributed by atoms with Gasteiger partial charge in [-0.25, -0.2) is 4.79 Å². The Morgan fingerprint density at radius 3 is 2.43 bits per heavy atom. The third-order valence-corrected chi connectivity index (χ3v) is 7.15. The van der Waals surface area contributed by atoms with E-state index in [1.807, 2.05) is 0 Å². The van der Waals surface area contributed by atoms with Crippen molar-refractivity contribution in [2.75, 3.05) is 0 Å². The van der Waals surface area contributed by atoms with Crippen LogP contribution in [0.3, 0.4) is 0 Å². The molecule has 7 heteroatoms. The van der Waals surface area contributed by atoms with Crippen LogP contribution < -0.4 is 0 Å². The molecule has 30 heavy (non-hydrogen) atoms. The van der Waals surface area contributed by atoms with Crippen LogP contribution in [0, 0.1) is 29.1 Å². The highest BCUT2D eigenvalue weighted by molar-refractivity contribution is 6.07. The first-order valence-electron chi connectivity index (χ1n) is 10.0. The van der Waals surface area contributed by atoms with Gasteiger partial charge in [-0.15, -0.1) is 0 Å². The Morgan fingerprint density at radius 1 is 1.10 bits per heavy atom. The lowest BCUT2D eigenvalue weighted by atomic mass is 9.85. The molecule has 0 unspecified atom stereocenters. The molecule has 1 saturated heterocycles. The molecule has 1 aromatic heterocycles. The minimum Gasteiger partial charge on any atom is -0.478 e. The summed E-state index contributed by atoms with van der Waals surface area (Å²) >= 11 is 0. The standard InChI is InChI=1S/C23H18N2O5/c26-20-18-15-5-6-16(23(15)8-9-23)19(18)21(27)25(20)24-11-14-4-7-17(30-14)12-2-1-3-13(10-12)22(28)29/h1-7,10-11,15-16,18-19H,8-9H2,(H,28,29)/b24-11-/t15-,16-,18-,19-/m1/s1. The van der Waals surface area contributed by atoms with Crippen LogP contribution in [0.5, 0.6) is 0 Å². The van der Waals surface area contributed by atoms with Gasteiger partial charge in [0.25, 0.3) is 11.8 Å². The summed E-state index contributed by atoms with van der Waals surface area (Å²) in [5, 5.41) is 14.3. The minimum atomic E-state index is -1.02. The summed E-state index contributed by atoms with van der Waals surface area (Å²) < 4.78 is 5.72. The zero-order valence-corrected chi connectivity index (χ0v) is 15.9. The number of nitrogens with zero attached hydrogens (tertiary/aromatic N) is 2. The number of benzene rings is 1.